The zero-order valence-electron chi connectivity index (χ0n) is 10.0. The SMILES string of the molecule is CC(CCCC(C(F)(F)F)C(F)(F)F)NC1CC1. The Morgan fingerprint density at radius 2 is 1.50 bits per heavy atom. The summed E-state index contributed by atoms with van der Waals surface area (Å²) < 4.78 is 73.3. The first-order valence-electron chi connectivity index (χ1n) is 6.00. The molecular weight excluding hydrogens is 260 g/mol. The quantitative estimate of drug-likeness (QED) is 0.722. The highest BCUT2D eigenvalue weighted by Crippen LogP contribution is 2.42. The Morgan fingerprint density at radius 3 is 1.89 bits per heavy atom. The van der Waals surface area contributed by atoms with Crippen molar-refractivity contribution in [2.24, 2.45) is 5.92 Å². The third kappa shape index (κ3) is 5.46. The van der Waals surface area contributed by atoms with Crippen LogP contribution >= 0.6 is 0 Å². The molecule has 1 atom stereocenters. The largest absolute Gasteiger partial charge is 0.400 e. The molecule has 0 amide bonds. The van der Waals surface area contributed by atoms with E-state index in [9.17, 15) is 26.3 Å². The molecule has 0 radical (unpaired) electrons. The maximum absolute atomic E-state index is 12.2. The minimum absolute atomic E-state index is 0.0281. The van der Waals surface area contributed by atoms with E-state index in [2.05, 4.69) is 5.32 Å². The molecule has 1 fully saturated rings. The molecule has 0 aromatic rings. The third-order valence-corrected chi connectivity index (χ3v) is 3.02. The Labute approximate surface area is 102 Å². The zero-order chi connectivity index (χ0) is 14.0. The van der Waals surface area contributed by atoms with Crippen LogP contribution in [0.25, 0.3) is 0 Å². The molecule has 1 N–H and O–H groups in total. The van der Waals surface area contributed by atoms with Crippen LogP contribution in [-0.2, 0) is 0 Å². The summed E-state index contributed by atoms with van der Waals surface area (Å²) in [5, 5.41) is 3.14. The predicted molar refractivity (Wildman–Crippen MR) is 55.1 cm³/mol. The van der Waals surface area contributed by atoms with Crippen molar-refractivity contribution in [3.8, 4) is 0 Å². The van der Waals surface area contributed by atoms with Crippen LogP contribution in [0.1, 0.15) is 39.0 Å². The van der Waals surface area contributed by atoms with Gasteiger partial charge in [0, 0.05) is 12.1 Å². The lowest BCUT2D eigenvalue weighted by Crippen LogP contribution is -2.36. The summed E-state index contributed by atoms with van der Waals surface area (Å²) in [5.74, 6) is -3.20. The second-order valence-electron chi connectivity index (χ2n) is 4.91. The lowest BCUT2D eigenvalue weighted by atomic mass is 9.99. The van der Waals surface area contributed by atoms with E-state index in [4.69, 9.17) is 0 Å². The van der Waals surface area contributed by atoms with Gasteiger partial charge in [0.25, 0.3) is 0 Å². The standard InChI is InChI=1S/C11H17F6N/c1-7(18-8-5-6-8)3-2-4-9(10(12,13)14)11(15,16)17/h7-9,18H,2-6H2,1H3. The molecule has 1 rings (SSSR count). The van der Waals surface area contributed by atoms with Crippen molar-refractivity contribution in [2.45, 2.75) is 63.5 Å². The van der Waals surface area contributed by atoms with Gasteiger partial charge >= 0.3 is 12.4 Å². The van der Waals surface area contributed by atoms with Gasteiger partial charge in [0.05, 0.1) is 0 Å². The van der Waals surface area contributed by atoms with Crippen molar-refractivity contribution >= 4 is 0 Å². The first-order chi connectivity index (χ1) is 8.10. The summed E-state index contributed by atoms with van der Waals surface area (Å²) in [7, 11) is 0. The molecule has 0 aromatic carbocycles. The van der Waals surface area contributed by atoms with Crippen molar-refractivity contribution in [3.63, 3.8) is 0 Å². The number of hydrogen-bond acceptors (Lipinski definition) is 1. The smallest absolute Gasteiger partial charge is 0.312 e. The average Bonchev–Trinajstić information content (AvgIpc) is 2.91. The molecule has 1 aliphatic carbocycles. The van der Waals surface area contributed by atoms with Crippen LogP contribution in [0.15, 0.2) is 0 Å². The van der Waals surface area contributed by atoms with E-state index in [0.717, 1.165) is 12.8 Å². The van der Waals surface area contributed by atoms with Crippen LogP contribution in [0.3, 0.4) is 0 Å². The number of nitrogens with one attached hydrogen (secondary N) is 1. The van der Waals surface area contributed by atoms with E-state index in [1.165, 1.54) is 0 Å². The Balaban J connectivity index is 2.33. The predicted octanol–water partition coefficient (Wildman–Crippen LogP) is 4.04. The lowest BCUT2D eigenvalue weighted by Gasteiger charge is -2.23. The first kappa shape index (κ1) is 15.6. The molecule has 0 spiro atoms. The number of halogens is 6. The summed E-state index contributed by atoms with van der Waals surface area (Å²) in [6.07, 6.45) is -8.96. The van der Waals surface area contributed by atoms with Gasteiger partial charge in [-0.2, -0.15) is 26.3 Å². The molecule has 0 heterocycles. The van der Waals surface area contributed by atoms with Crippen molar-refractivity contribution in [2.75, 3.05) is 0 Å². The molecule has 7 heteroatoms. The van der Waals surface area contributed by atoms with Gasteiger partial charge in [0.15, 0.2) is 5.92 Å². The monoisotopic (exact) mass is 277 g/mol. The molecule has 108 valence electrons. The minimum atomic E-state index is -5.20. The Kier molecular flexibility index (Phi) is 4.91. The van der Waals surface area contributed by atoms with Crippen molar-refractivity contribution < 1.29 is 26.3 Å². The molecule has 1 saturated carbocycles. The lowest BCUT2D eigenvalue weighted by molar-refractivity contribution is -0.285. The Morgan fingerprint density at radius 1 is 1.00 bits per heavy atom. The molecule has 0 saturated heterocycles. The van der Waals surface area contributed by atoms with Crippen LogP contribution in [0.2, 0.25) is 0 Å². The van der Waals surface area contributed by atoms with Crippen LogP contribution in [0, 0.1) is 5.92 Å². The van der Waals surface area contributed by atoms with Crippen molar-refractivity contribution in [1.29, 1.82) is 0 Å². The van der Waals surface area contributed by atoms with Gasteiger partial charge in [-0.3, -0.25) is 0 Å². The molecule has 1 unspecified atom stereocenters. The number of hydrogen-bond donors (Lipinski definition) is 1. The van der Waals surface area contributed by atoms with Crippen LogP contribution in [0.5, 0.6) is 0 Å². The van der Waals surface area contributed by atoms with Crippen molar-refractivity contribution in [3.05, 3.63) is 0 Å². The summed E-state index contributed by atoms with van der Waals surface area (Å²) in [4.78, 5) is 0. The first-order valence-corrected chi connectivity index (χ1v) is 6.00. The fourth-order valence-electron chi connectivity index (χ4n) is 1.88. The number of alkyl halides is 6. The number of rotatable bonds is 6. The van der Waals surface area contributed by atoms with Gasteiger partial charge in [-0.1, -0.05) is 6.42 Å². The molecule has 0 aromatic heterocycles. The summed E-state index contributed by atoms with van der Waals surface area (Å²) in [6.45, 7) is 1.79. The average molecular weight is 277 g/mol. The van der Waals surface area contributed by atoms with E-state index in [-0.39, 0.29) is 12.5 Å². The highest BCUT2D eigenvalue weighted by molar-refractivity contribution is 4.83. The Bertz CT molecular complexity index is 241. The van der Waals surface area contributed by atoms with Crippen LogP contribution in [-0.4, -0.2) is 24.4 Å². The highest BCUT2D eigenvalue weighted by Gasteiger charge is 2.55. The van der Waals surface area contributed by atoms with Crippen molar-refractivity contribution in [1.82, 2.24) is 5.32 Å². The summed E-state index contributed by atoms with van der Waals surface area (Å²) in [5.41, 5.74) is 0. The molecule has 1 nitrogen and oxygen atoms in total. The van der Waals surface area contributed by atoms with Gasteiger partial charge in [-0.05, 0) is 32.6 Å². The molecule has 18 heavy (non-hydrogen) atoms. The topological polar surface area (TPSA) is 12.0 Å². The van der Waals surface area contributed by atoms with Crippen LogP contribution < -0.4 is 5.32 Å². The summed E-state index contributed by atoms with van der Waals surface area (Å²) in [6, 6.07) is 0.376. The maximum atomic E-state index is 12.2. The fourth-order valence-corrected chi connectivity index (χ4v) is 1.88. The zero-order valence-corrected chi connectivity index (χ0v) is 10.0. The second kappa shape index (κ2) is 5.67. The van der Waals surface area contributed by atoms with E-state index in [1.807, 2.05) is 0 Å². The third-order valence-electron chi connectivity index (χ3n) is 3.02. The maximum Gasteiger partial charge on any atom is 0.400 e. The van der Waals surface area contributed by atoms with Gasteiger partial charge in [-0.15, -0.1) is 0 Å². The molecule has 0 bridgehead atoms. The van der Waals surface area contributed by atoms with Gasteiger partial charge in [0.2, 0.25) is 0 Å². The van der Waals surface area contributed by atoms with E-state index in [0.29, 0.717) is 12.5 Å². The second-order valence-corrected chi connectivity index (χ2v) is 4.91. The van der Waals surface area contributed by atoms with Crippen LogP contribution in [0.4, 0.5) is 26.3 Å². The normalized spacial score (nSPS) is 19.3. The molecule has 1 aliphatic rings. The minimum Gasteiger partial charge on any atom is -0.312 e. The fraction of sp³-hybridized carbons (Fsp3) is 1.00. The molecule has 0 aliphatic heterocycles. The van der Waals surface area contributed by atoms with Gasteiger partial charge < -0.3 is 5.32 Å². The van der Waals surface area contributed by atoms with Gasteiger partial charge in [-0.25, -0.2) is 0 Å². The van der Waals surface area contributed by atoms with E-state index >= 15 is 0 Å². The van der Waals surface area contributed by atoms with Gasteiger partial charge in [0.1, 0.15) is 0 Å². The van der Waals surface area contributed by atoms with E-state index in [1.54, 1.807) is 6.92 Å². The molecular formula is C11H17F6N. The Hall–Kier alpha value is -0.460. The summed E-state index contributed by atoms with van der Waals surface area (Å²) >= 11 is 0. The highest BCUT2D eigenvalue weighted by atomic mass is 19.4. The van der Waals surface area contributed by atoms with E-state index < -0.39 is 24.7 Å².